The molecule has 3 rings (SSSR count). The highest BCUT2D eigenvalue weighted by Crippen LogP contribution is 2.36. The van der Waals surface area contributed by atoms with Crippen LogP contribution in [0.15, 0.2) is 72.8 Å². The van der Waals surface area contributed by atoms with Crippen molar-refractivity contribution in [2.24, 2.45) is 5.73 Å². The number of benzene rings is 3. The minimum atomic E-state index is -1.17. The first kappa shape index (κ1) is 27.9. The van der Waals surface area contributed by atoms with E-state index in [1.54, 1.807) is 20.8 Å². The molecular formula is C30H36N2O5. The molecule has 0 aliphatic rings. The highest BCUT2D eigenvalue weighted by molar-refractivity contribution is 5.77. The number of nitrogens with two attached hydrogens (primary N) is 1. The molecule has 0 bridgehead atoms. The lowest BCUT2D eigenvalue weighted by atomic mass is 9.80. The largest absolute Gasteiger partial charge is 0.476 e. The topological polar surface area (TPSA) is 105 Å². The molecule has 0 amide bonds. The van der Waals surface area contributed by atoms with Crippen LogP contribution in [0.25, 0.3) is 0 Å². The Morgan fingerprint density at radius 3 is 2.14 bits per heavy atom. The van der Waals surface area contributed by atoms with Crippen molar-refractivity contribution in [3.63, 3.8) is 0 Å². The van der Waals surface area contributed by atoms with E-state index in [-0.39, 0.29) is 12.3 Å². The van der Waals surface area contributed by atoms with Crippen molar-refractivity contribution in [2.45, 2.75) is 64.5 Å². The minimum Gasteiger partial charge on any atom is -0.476 e. The third kappa shape index (κ3) is 7.17. The zero-order valence-corrected chi connectivity index (χ0v) is 21.8. The van der Waals surface area contributed by atoms with Gasteiger partial charge in [0.1, 0.15) is 5.75 Å². The first-order valence-corrected chi connectivity index (χ1v) is 12.7. The number of carbonyl (C=O) groups excluding carboxylic acids is 1. The Labute approximate surface area is 218 Å². The summed E-state index contributed by atoms with van der Waals surface area (Å²) in [5.41, 5.74) is 9.06. The second-order valence-electron chi connectivity index (χ2n) is 9.37. The maximum absolute atomic E-state index is 13.3. The lowest BCUT2D eigenvalue weighted by Crippen LogP contribution is -2.55. The Morgan fingerprint density at radius 1 is 0.973 bits per heavy atom. The Kier molecular flexibility index (Phi) is 9.80. The quantitative estimate of drug-likeness (QED) is 0.129. The van der Waals surface area contributed by atoms with Crippen molar-refractivity contribution >= 4 is 11.7 Å². The molecule has 0 aliphatic heterocycles. The van der Waals surface area contributed by atoms with Crippen LogP contribution in [0.1, 0.15) is 54.9 Å². The van der Waals surface area contributed by atoms with Crippen LogP contribution in [-0.4, -0.2) is 23.6 Å². The fourth-order valence-electron chi connectivity index (χ4n) is 4.66. The van der Waals surface area contributed by atoms with Gasteiger partial charge in [-0.05, 0) is 62.3 Å². The van der Waals surface area contributed by atoms with Gasteiger partial charge in [0.2, 0.25) is 6.10 Å². The van der Waals surface area contributed by atoms with E-state index in [1.807, 2.05) is 48.5 Å². The van der Waals surface area contributed by atoms with E-state index in [1.165, 1.54) is 17.7 Å². The van der Waals surface area contributed by atoms with Gasteiger partial charge in [-0.2, -0.15) is 0 Å². The molecule has 0 radical (unpaired) electrons. The summed E-state index contributed by atoms with van der Waals surface area (Å²) in [7, 11) is 0. The molecular weight excluding hydrogens is 468 g/mol. The smallest absolute Gasteiger partial charge is 0.349 e. The monoisotopic (exact) mass is 504 g/mol. The fraction of sp³-hybridized carbons (Fsp3) is 0.367. The molecule has 0 fully saturated rings. The summed E-state index contributed by atoms with van der Waals surface area (Å²) in [6, 6.07) is 22.7. The summed E-state index contributed by atoms with van der Waals surface area (Å²) in [5.74, 6) is -0.159. The average Bonchev–Trinajstić information content (AvgIpc) is 2.89. The first-order chi connectivity index (χ1) is 17.8. The standard InChI is InChI=1S/C30H36N2O5/c1-4-36-29(33)28(37-27-22(2)20-26(32(34)35)21-23(27)3)30(31,25-17-11-6-12-18-25)19-13-7-10-16-24-14-8-5-9-15-24/h5-6,8-9,11-12,14-15,17-18,20-21,28H,4,7,10,13,16,19,31H2,1-3H3. The van der Waals surface area contributed by atoms with Crippen molar-refractivity contribution in [3.8, 4) is 5.75 Å². The minimum absolute atomic E-state index is 0.0319. The zero-order valence-electron chi connectivity index (χ0n) is 21.8. The van der Waals surface area contributed by atoms with Crippen LogP contribution in [0.5, 0.6) is 5.75 Å². The maximum atomic E-state index is 13.3. The van der Waals surface area contributed by atoms with Gasteiger partial charge in [-0.25, -0.2) is 4.79 Å². The highest BCUT2D eigenvalue weighted by Gasteiger charge is 2.44. The number of carbonyl (C=O) groups is 1. The number of nitrogens with zero attached hydrogens (tertiary/aromatic N) is 1. The summed E-state index contributed by atoms with van der Waals surface area (Å²) >= 11 is 0. The Morgan fingerprint density at radius 2 is 1.57 bits per heavy atom. The van der Waals surface area contributed by atoms with Crippen molar-refractivity contribution in [1.82, 2.24) is 0 Å². The number of nitro benzene ring substituents is 1. The van der Waals surface area contributed by atoms with Crippen LogP contribution >= 0.6 is 0 Å². The number of unbranched alkanes of at least 4 members (excludes halogenated alkanes) is 2. The van der Waals surface area contributed by atoms with Crippen molar-refractivity contribution < 1.29 is 19.2 Å². The van der Waals surface area contributed by atoms with Gasteiger partial charge in [0.05, 0.1) is 17.1 Å². The van der Waals surface area contributed by atoms with Gasteiger partial charge < -0.3 is 15.2 Å². The summed E-state index contributed by atoms with van der Waals surface area (Å²) < 4.78 is 11.8. The Bertz CT molecular complexity index is 1160. The number of esters is 1. The molecule has 0 saturated heterocycles. The highest BCUT2D eigenvalue weighted by atomic mass is 16.6. The summed E-state index contributed by atoms with van der Waals surface area (Å²) in [6.07, 6.45) is 3.06. The third-order valence-corrected chi connectivity index (χ3v) is 6.57. The summed E-state index contributed by atoms with van der Waals surface area (Å²) in [4.78, 5) is 24.2. The summed E-state index contributed by atoms with van der Waals surface area (Å²) in [5, 5.41) is 11.3. The molecule has 2 atom stereocenters. The molecule has 0 spiro atoms. The van der Waals surface area contributed by atoms with E-state index in [4.69, 9.17) is 15.2 Å². The van der Waals surface area contributed by atoms with Crippen LogP contribution < -0.4 is 10.5 Å². The van der Waals surface area contributed by atoms with Gasteiger partial charge >= 0.3 is 5.97 Å². The van der Waals surface area contributed by atoms with Crippen molar-refractivity contribution in [1.29, 1.82) is 0 Å². The molecule has 7 heteroatoms. The molecule has 3 aromatic rings. The van der Waals surface area contributed by atoms with Gasteiger partial charge in [-0.1, -0.05) is 73.5 Å². The predicted molar refractivity (Wildman–Crippen MR) is 145 cm³/mol. The fourth-order valence-corrected chi connectivity index (χ4v) is 4.66. The van der Waals surface area contributed by atoms with E-state index in [2.05, 4.69) is 12.1 Å². The van der Waals surface area contributed by atoms with E-state index in [0.717, 1.165) is 31.2 Å². The van der Waals surface area contributed by atoms with E-state index in [0.29, 0.717) is 23.3 Å². The van der Waals surface area contributed by atoms with Crippen LogP contribution in [-0.2, 0) is 21.5 Å². The van der Waals surface area contributed by atoms with Crippen LogP contribution in [0.3, 0.4) is 0 Å². The van der Waals surface area contributed by atoms with Crippen LogP contribution in [0.2, 0.25) is 0 Å². The molecule has 0 aliphatic carbocycles. The molecule has 0 heterocycles. The van der Waals surface area contributed by atoms with E-state index in [9.17, 15) is 14.9 Å². The zero-order chi connectivity index (χ0) is 26.8. The van der Waals surface area contributed by atoms with Crippen molar-refractivity contribution in [3.05, 3.63) is 105 Å². The molecule has 2 N–H and O–H groups in total. The maximum Gasteiger partial charge on any atom is 0.349 e. The van der Waals surface area contributed by atoms with Gasteiger partial charge in [0.25, 0.3) is 5.69 Å². The van der Waals surface area contributed by atoms with Crippen molar-refractivity contribution in [2.75, 3.05) is 6.61 Å². The number of non-ortho nitro benzene ring substituents is 1. The van der Waals surface area contributed by atoms with Gasteiger partial charge in [-0.15, -0.1) is 0 Å². The number of rotatable bonds is 13. The predicted octanol–water partition coefficient (Wildman–Crippen LogP) is 6.18. The molecule has 0 saturated carbocycles. The Balaban J connectivity index is 1.89. The van der Waals surface area contributed by atoms with Crippen LogP contribution in [0, 0.1) is 24.0 Å². The molecule has 0 aromatic heterocycles. The number of aryl methyl sites for hydroxylation is 3. The molecule has 2 unspecified atom stereocenters. The molecule has 37 heavy (non-hydrogen) atoms. The molecule has 7 nitrogen and oxygen atoms in total. The van der Waals surface area contributed by atoms with Gasteiger partial charge in [0, 0.05) is 12.1 Å². The summed E-state index contributed by atoms with van der Waals surface area (Å²) in [6.45, 7) is 5.37. The molecule has 3 aromatic carbocycles. The second kappa shape index (κ2) is 13.0. The lowest BCUT2D eigenvalue weighted by Gasteiger charge is -2.37. The number of hydrogen-bond donors (Lipinski definition) is 1. The lowest BCUT2D eigenvalue weighted by molar-refractivity contribution is -0.385. The average molecular weight is 505 g/mol. The normalized spacial score (nSPS) is 13.4. The second-order valence-corrected chi connectivity index (χ2v) is 9.37. The molecule has 196 valence electrons. The number of nitro groups is 1. The van der Waals surface area contributed by atoms with E-state index >= 15 is 0 Å². The van der Waals surface area contributed by atoms with Crippen LogP contribution in [0.4, 0.5) is 5.69 Å². The number of hydrogen-bond acceptors (Lipinski definition) is 6. The SMILES string of the molecule is CCOC(=O)C(Oc1c(C)cc([N+](=O)[O-])cc1C)C(N)(CCCCCc1ccccc1)c1ccccc1. The number of ether oxygens (including phenoxy) is 2. The first-order valence-electron chi connectivity index (χ1n) is 12.7. The van der Waals surface area contributed by atoms with E-state index < -0.39 is 22.5 Å². The third-order valence-electron chi connectivity index (χ3n) is 6.57. The van der Waals surface area contributed by atoms with Gasteiger partial charge in [0.15, 0.2) is 0 Å². The van der Waals surface area contributed by atoms with Gasteiger partial charge in [-0.3, -0.25) is 10.1 Å². The Hall–Kier alpha value is -3.71.